The first-order valence-corrected chi connectivity index (χ1v) is 8.48. The van der Waals surface area contributed by atoms with Crippen LogP contribution >= 0.6 is 0 Å². The van der Waals surface area contributed by atoms with Gasteiger partial charge in [-0.15, -0.1) is 0 Å². The lowest BCUT2D eigenvalue weighted by Gasteiger charge is -2.30. The van der Waals surface area contributed by atoms with E-state index < -0.39 is 0 Å². The van der Waals surface area contributed by atoms with E-state index in [1.54, 1.807) is 13.8 Å². The Hall–Kier alpha value is -2.87. The van der Waals surface area contributed by atoms with E-state index in [0.717, 1.165) is 17.7 Å². The number of hydrogen-bond donors (Lipinski definition) is 2. The van der Waals surface area contributed by atoms with Crippen molar-refractivity contribution in [2.45, 2.75) is 39.0 Å². The zero-order chi connectivity index (χ0) is 18.0. The van der Waals surface area contributed by atoms with Crippen molar-refractivity contribution >= 4 is 5.91 Å². The molecule has 5 heteroatoms. The van der Waals surface area contributed by atoms with E-state index in [-0.39, 0.29) is 17.0 Å². The molecule has 1 amide bonds. The average molecular weight is 335 g/mol. The van der Waals surface area contributed by atoms with Crippen LogP contribution in [0, 0.1) is 25.2 Å². The van der Waals surface area contributed by atoms with Crippen LogP contribution in [0.4, 0.5) is 0 Å². The number of carbonyl (C=O) groups is 1. The molecule has 0 fully saturated rings. The predicted molar refractivity (Wildman–Crippen MR) is 95.5 cm³/mol. The number of H-pyrrole nitrogens is 1. The number of benzene rings is 1. The maximum atomic E-state index is 12.2. The molecule has 1 aromatic carbocycles. The van der Waals surface area contributed by atoms with E-state index in [4.69, 9.17) is 5.26 Å². The van der Waals surface area contributed by atoms with Gasteiger partial charge in [-0.25, -0.2) is 0 Å². The van der Waals surface area contributed by atoms with Crippen molar-refractivity contribution in [1.29, 1.82) is 5.26 Å². The predicted octanol–water partition coefficient (Wildman–Crippen LogP) is 2.25. The summed E-state index contributed by atoms with van der Waals surface area (Å²) < 4.78 is 0. The van der Waals surface area contributed by atoms with Crippen molar-refractivity contribution in [3.05, 3.63) is 68.1 Å². The fraction of sp³-hybridized carbons (Fsp3) is 0.350. The van der Waals surface area contributed by atoms with Gasteiger partial charge in [0.1, 0.15) is 11.6 Å². The molecule has 1 heterocycles. The first-order valence-electron chi connectivity index (χ1n) is 8.48. The highest BCUT2D eigenvalue weighted by molar-refractivity contribution is 5.76. The Morgan fingerprint density at radius 3 is 2.84 bits per heavy atom. The van der Waals surface area contributed by atoms with E-state index in [9.17, 15) is 9.59 Å². The molecule has 128 valence electrons. The van der Waals surface area contributed by atoms with Gasteiger partial charge in [0.2, 0.25) is 5.91 Å². The van der Waals surface area contributed by atoms with Crippen LogP contribution in [0.3, 0.4) is 0 Å². The van der Waals surface area contributed by atoms with Crippen molar-refractivity contribution in [3.8, 4) is 6.07 Å². The number of nitrogens with zero attached hydrogens (tertiary/aromatic N) is 1. The summed E-state index contributed by atoms with van der Waals surface area (Å²) in [6.45, 7) is 4.22. The minimum Gasteiger partial charge on any atom is -0.355 e. The Labute approximate surface area is 146 Å². The lowest BCUT2D eigenvalue weighted by Crippen LogP contribution is -2.33. The molecular weight excluding hydrogens is 314 g/mol. The van der Waals surface area contributed by atoms with Gasteiger partial charge in [-0.05, 0) is 48.9 Å². The molecule has 1 atom stereocenters. The van der Waals surface area contributed by atoms with Crippen molar-refractivity contribution < 1.29 is 4.79 Å². The molecule has 0 radical (unpaired) electrons. The highest BCUT2D eigenvalue weighted by atomic mass is 16.1. The monoisotopic (exact) mass is 335 g/mol. The molecule has 25 heavy (non-hydrogen) atoms. The SMILES string of the molecule is Cc1[nH]c(=O)c(C#N)c(C)c1CCC(=O)NC[C@H]1Cc2ccccc21. The number of carbonyl (C=O) groups excluding carboxylic acids is 1. The third kappa shape index (κ3) is 3.34. The van der Waals surface area contributed by atoms with Gasteiger partial charge in [0.25, 0.3) is 5.56 Å². The Balaban J connectivity index is 1.57. The first-order chi connectivity index (χ1) is 12.0. The molecule has 0 spiro atoms. The number of nitrogens with one attached hydrogen (secondary N) is 2. The number of amides is 1. The number of nitriles is 1. The molecule has 0 unspecified atom stereocenters. The standard InChI is InChI=1S/C20H21N3O2/c1-12-16(13(2)23-20(25)18(12)10-21)7-8-19(24)22-11-15-9-14-5-3-4-6-17(14)15/h3-6,15H,7-9,11H2,1-2H3,(H,22,24)(H,23,25)/t15-/m1/s1. The molecule has 3 rings (SSSR count). The molecule has 1 aliphatic carbocycles. The third-order valence-electron chi connectivity index (χ3n) is 5.03. The van der Waals surface area contributed by atoms with Crippen LogP contribution < -0.4 is 10.9 Å². The van der Waals surface area contributed by atoms with Crippen molar-refractivity contribution in [2.24, 2.45) is 0 Å². The van der Waals surface area contributed by atoms with E-state index in [1.165, 1.54) is 11.1 Å². The van der Waals surface area contributed by atoms with Crippen LogP contribution in [0.1, 0.15) is 45.8 Å². The van der Waals surface area contributed by atoms with Gasteiger partial charge >= 0.3 is 0 Å². The van der Waals surface area contributed by atoms with Crippen LogP contribution in [0.25, 0.3) is 0 Å². The lowest BCUT2D eigenvalue weighted by molar-refractivity contribution is -0.121. The summed E-state index contributed by atoms with van der Waals surface area (Å²) in [5.41, 5.74) is 4.73. The molecule has 0 saturated heterocycles. The maximum Gasteiger partial charge on any atom is 0.266 e. The molecule has 0 saturated carbocycles. The first kappa shape index (κ1) is 17.0. The summed E-state index contributed by atoms with van der Waals surface area (Å²) in [5, 5.41) is 12.1. The highest BCUT2D eigenvalue weighted by Crippen LogP contribution is 2.33. The summed E-state index contributed by atoms with van der Waals surface area (Å²) in [5.74, 6) is 0.398. The van der Waals surface area contributed by atoms with Gasteiger partial charge in [0, 0.05) is 24.6 Å². The van der Waals surface area contributed by atoms with Crippen molar-refractivity contribution in [3.63, 3.8) is 0 Å². The molecule has 1 aliphatic rings. The number of fused-ring (bicyclic) bond motifs is 1. The van der Waals surface area contributed by atoms with E-state index in [2.05, 4.69) is 22.4 Å². The fourth-order valence-corrected chi connectivity index (χ4v) is 3.53. The molecular formula is C20H21N3O2. The number of aryl methyl sites for hydroxylation is 1. The molecule has 1 aromatic heterocycles. The number of aromatic nitrogens is 1. The second-order valence-electron chi connectivity index (χ2n) is 6.57. The minimum atomic E-state index is -0.366. The van der Waals surface area contributed by atoms with E-state index >= 15 is 0 Å². The van der Waals surface area contributed by atoms with Crippen LogP contribution in [0.2, 0.25) is 0 Å². The Kier molecular flexibility index (Phi) is 4.71. The number of aromatic amines is 1. The minimum absolute atomic E-state index is 0.00658. The maximum absolute atomic E-state index is 12.2. The fourth-order valence-electron chi connectivity index (χ4n) is 3.53. The van der Waals surface area contributed by atoms with Gasteiger partial charge in [0.15, 0.2) is 0 Å². The van der Waals surface area contributed by atoms with Gasteiger partial charge in [-0.2, -0.15) is 5.26 Å². The number of rotatable bonds is 5. The third-order valence-corrected chi connectivity index (χ3v) is 5.03. The van der Waals surface area contributed by atoms with Crippen LogP contribution in [0.15, 0.2) is 29.1 Å². The smallest absolute Gasteiger partial charge is 0.266 e. The normalized spacial score (nSPS) is 15.0. The summed E-state index contributed by atoms with van der Waals surface area (Å²) in [6, 6.07) is 10.3. The quantitative estimate of drug-likeness (QED) is 0.879. The van der Waals surface area contributed by atoms with Gasteiger partial charge in [-0.1, -0.05) is 24.3 Å². The second kappa shape index (κ2) is 6.94. The molecule has 2 N–H and O–H groups in total. The summed E-state index contributed by atoms with van der Waals surface area (Å²) in [6.07, 6.45) is 1.86. The zero-order valence-electron chi connectivity index (χ0n) is 14.5. The number of hydrogen-bond acceptors (Lipinski definition) is 3. The van der Waals surface area contributed by atoms with E-state index in [1.807, 2.05) is 18.2 Å². The van der Waals surface area contributed by atoms with Gasteiger partial charge < -0.3 is 10.3 Å². The summed E-state index contributed by atoms with van der Waals surface area (Å²) in [7, 11) is 0. The van der Waals surface area contributed by atoms with Crippen LogP contribution in [-0.4, -0.2) is 17.4 Å². The molecule has 5 nitrogen and oxygen atoms in total. The highest BCUT2D eigenvalue weighted by Gasteiger charge is 2.25. The Morgan fingerprint density at radius 1 is 1.36 bits per heavy atom. The van der Waals surface area contributed by atoms with Crippen molar-refractivity contribution in [1.82, 2.24) is 10.3 Å². The molecule has 2 aromatic rings. The second-order valence-corrected chi connectivity index (χ2v) is 6.57. The molecule has 0 bridgehead atoms. The Morgan fingerprint density at radius 2 is 2.12 bits per heavy atom. The van der Waals surface area contributed by atoms with E-state index in [0.29, 0.717) is 30.9 Å². The van der Waals surface area contributed by atoms with Gasteiger partial charge in [-0.3, -0.25) is 9.59 Å². The topological polar surface area (TPSA) is 85.8 Å². The largest absolute Gasteiger partial charge is 0.355 e. The number of pyridine rings is 1. The zero-order valence-corrected chi connectivity index (χ0v) is 14.5. The Bertz CT molecular complexity index is 922. The van der Waals surface area contributed by atoms with Crippen molar-refractivity contribution in [2.75, 3.05) is 6.54 Å². The summed E-state index contributed by atoms with van der Waals surface area (Å²) >= 11 is 0. The van der Waals surface area contributed by atoms with Crippen LogP contribution in [-0.2, 0) is 17.6 Å². The summed E-state index contributed by atoms with van der Waals surface area (Å²) in [4.78, 5) is 26.6. The average Bonchev–Trinajstić information content (AvgIpc) is 2.55. The van der Waals surface area contributed by atoms with Crippen LogP contribution in [0.5, 0.6) is 0 Å². The molecule has 0 aliphatic heterocycles. The van der Waals surface area contributed by atoms with Gasteiger partial charge in [0.05, 0.1) is 0 Å². The lowest BCUT2D eigenvalue weighted by atomic mass is 9.77.